The lowest BCUT2D eigenvalue weighted by atomic mass is 10.1. The largest absolute Gasteiger partial charge is 0.325 e. The Morgan fingerprint density at radius 3 is 2.53 bits per heavy atom. The van der Waals surface area contributed by atoms with Crippen LogP contribution in [0.1, 0.15) is 11.3 Å². The van der Waals surface area contributed by atoms with Gasteiger partial charge in [-0.1, -0.05) is 34.1 Å². The molecule has 0 bridgehead atoms. The van der Waals surface area contributed by atoms with E-state index in [0.29, 0.717) is 12.1 Å². The zero-order valence-corrected chi connectivity index (χ0v) is 10.6. The van der Waals surface area contributed by atoms with Gasteiger partial charge >= 0.3 is 5.69 Å². The van der Waals surface area contributed by atoms with Crippen LogP contribution < -0.4 is 11.2 Å². The molecule has 17 heavy (non-hydrogen) atoms. The van der Waals surface area contributed by atoms with Crippen LogP contribution in [0.25, 0.3) is 0 Å². The first-order chi connectivity index (χ1) is 8.15. The lowest BCUT2D eigenvalue weighted by Gasteiger charge is -2.03. The van der Waals surface area contributed by atoms with Crippen molar-refractivity contribution in [3.63, 3.8) is 0 Å². The average molecular weight is 295 g/mol. The Bertz CT molecular complexity index is 602. The molecule has 0 aliphatic carbocycles. The number of rotatable bonds is 3. The van der Waals surface area contributed by atoms with Crippen LogP contribution in [0, 0.1) is 0 Å². The monoisotopic (exact) mass is 294 g/mol. The van der Waals surface area contributed by atoms with E-state index in [1.807, 2.05) is 24.3 Å². The second kappa shape index (κ2) is 5.14. The molecule has 0 unspecified atom stereocenters. The molecule has 88 valence electrons. The van der Waals surface area contributed by atoms with Gasteiger partial charge in [-0.25, -0.2) is 4.79 Å². The van der Waals surface area contributed by atoms with Gasteiger partial charge in [0.1, 0.15) is 0 Å². The molecule has 0 saturated heterocycles. The fourth-order valence-corrected chi connectivity index (χ4v) is 2.11. The fourth-order valence-electron chi connectivity index (χ4n) is 1.62. The standard InChI is InChI=1S/C12H11BrN2O2/c13-10-4-2-1-3-8(10)5-6-9-7-11(16)15-12(17)14-9/h1-4,7H,5-6H2,(H2,14,15,16,17). The number of aryl methyl sites for hydroxylation is 2. The van der Waals surface area contributed by atoms with Crippen molar-refractivity contribution in [1.82, 2.24) is 9.97 Å². The molecule has 4 nitrogen and oxygen atoms in total. The van der Waals surface area contributed by atoms with Gasteiger partial charge in [0, 0.05) is 16.2 Å². The molecule has 0 fully saturated rings. The highest BCUT2D eigenvalue weighted by molar-refractivity contribution is 9.10. The van der Waals surface area contributed by atoms with Gasteiger partial charge in [0.2, 0.25) is 0 Å². The van der Waals surface area contributed by atoms with Crippen molar-refractivity contribution in [3.05, 3.63) is 66.9 Å². The lowest BCUT2D eigenvalue weighted by molar-refractivity contribution is 0.869. The quantitative estimate of drug-likeness (QED) is 0.903. The zero-order chi connectivity index (χ0) is 12.3. The van der Waals surface area contributed by atoms with Crippen LogP contribution in [0.3, 0.4) is 0 Å². The molecule has 2 rings (SSSR count). The van der Waals surface area contributed by atoms with Gasteiger partial charge in [0.15, 0.2) is 0 Å². The normalized spacial score (nSPS) is 10.4. The number of aromatic amines is 2. The average Bonchev–Trinajstić information content (AvgIpc) is 2.27. The number of H-pyrrole nitrogens is 2. The molecule has 0 spiro atoms. The summed E-state index contributed by atoms with van der Waals surface area (Å²) in [5.41, 5.74) is 0.971. The maximum atomic E-state index is 11.1. The minimum Gasteiger partial charge on any atom is -0.311 e. The Hall–Kier alpha value is -1.62. The van der Waals surface area contributed by atoms with Crippen molar-refractivity contribution in [2.24, 2.45) is 0 Å². The first-order valence-corrected chi connectivity index (χ1v) is 6.00. The summed E-state index contributed by atoms with van der Waals surface area (Å²) < 4.78 is 1.03. The third-order valence-corrected chi connectivity index (χ3v) is 3.21. The highest BCUT2D eigenvalue weighted by Gasteiger charge is 2.01. The summed E-state index contributed by atoms with van der Waals surface area (Å²) in [5.74, 6) is 0. The van der Waals surface area contributed by atoms with Crippen LogP contribution >= 0.6 is 15.9 Å². The number of nitrogens with one attached hydrogen (secondary N) is 2. The number of benzene rings is 1. The predicted octanol–water partition coefficient (Wildman–Crippen LogP) is 1.61. The van der Waals surface area contributed by atoms with Crippen LogP contribution in [0.4, 0.5) is 0 Å². The number of halogens is 1. The Kier molecular flexibility index (Phi) is 3.58. The second-order valence-corrected chi connectivity index (χ2v) is 4.56. The van der Waals surface area contributed by atoms with Crippen molar-refractivity contribution in [2.45, 2.75) is 12.8 Å². The molecule has 5 heteroatoms. The predicted molar refractivity (Wildman–Crippen MR) is 69.2 cm³/mol. The summed E-state index contributed by atoms with van der Waals surface area (Å²) in [7, 11) is 0. The SMILES string of the molecule is O=c1cc(CCc2ccccc2Br)[nH]c(=O)[nH]1. The number of hydrogen-bond acceptors (Lipinski definition) is 2. The van der Waals surface area contributed by atoms with Crippen LogP contribution in [0.15, 0.2) is 44.4 Å². The van der Waals surface area contributed by atoms with E-state index in [2.05, 4.69) is 25.9 Å². The van der Waals surface area contributed by atoms with Crippen LogP contribution in [0.5, 0.6) is 0 Å². The van der Waals surface area contributed by atoms with Gasteiger partial charge in [-0.3, -0.25) is 9.78 Å². The highest BCUT2D eigenvalue weighted by atomic mass is 79.9. The molecule has 0 atom stereocenters. The zero-order valence-electron chi connectivity index (χ0n) is 9.00. The highest BCUT2D eigenvalue weighted by Crippen LogP contribution is 2.17. The molecule has 1 aromatic carbocycles. The molecular formula is C12H11BrN2O2. The first-order valence-electron chi connectivity index (χ1n) is 5.21. The van der Waals surface area contributed by atoms with Crippen LogP contribution in [-0.2, 0) is 12.8 Å². The van der Waals surface area contributed by atoms with E-state index in [0.717, 1.165) is 16.5 Å². The van der Waals surface area contributed by atoms with Crippen molar-refractivity contribution in [1.29, 1.82) is 0 Å². The topological polar surface area (TPSA) is 65.7 Å². The molecule has 2 N–H and O–H groups in total. The van der Waals surface area contributed by atoms with Gasteiger partial charge in [-0.15, -0.1) is 0 Å². The van der Waals surface area contributed by atoms with Gasteiger partial charge in [-0.2, -0.15) is 0 Å². The smallest absolute Gasteiger partial charge is 0.311 e. The van der Waals surface area contributed by atoms with Crippen molar-refractivity contribution >= 4 is 15.9 Å². The molecule has 2 aromatic rings. The molecule has 1 heterocycles. The maximum Gasteiger partial charge on any atom is 0.325 e. The molecule has 0 aliphatic rings. The first kappa shape index (κ1) is 11.9. The van der Waals surface area contributed by atoms with Crippen molar-refractivity contribution in [2.75, 3.05) is 0 Å². The fraction of sp³-hybridized carbons (Fsp3) is 0.167. The third kappa shape index (κ3) is 3.17. The lowest BCUT2D eigenvalue weighted by Crippen LogP contribution is -2.23. The molecule has 0 saturated carbocycles. The molecule has 0 radical (unpaired) electrons. The van der Waals surface area contributed by atoms with E-state index in [4.69, 9.17) is 0 Å². The van der Waals surface area contributed by atoms with Gasteiger partial charge in [0.05, 0.1) is 0 Å². The van der Waals surface area contributed by atoms with Gasteiger partial charge in [-0.05, 0) is 24.5 Å². The Labute approximate surface area is 106 Å². The second-order valence-electron chi connectivity index (χ2n) is 3.70. The van der Waals surface area contributed by atoms with Gasteiger partial charge < -0.3 is 4.98 Å². The maximum absolute atomic E-state index is 11.1. The summed E-state index contributed by atoms with van der Waals surface area (Å²) in [4.78, 5) is 26.9. The van der Waals surface area contributed by atoms with Crippen LogP contribution in [-0.4, -0.2) is 9.97 Å². The summed E-state index contributed by atoms with van der Waals surface area (Å²) in [6, 6.07) is 9.30. The molecular weight excluding hydrogens is 284 g/mol. The molecule has 0 amide bonds. The van der Waals surface area contributed by atoms with E-state index in [9.17, 15) is 9.59 Å². The number of aromatic nitrogens is 2. The van der Waals surface area contributed by atoms with E-state index >= 15 is 0 Å². The minimum absolute atomic E-state index is 0.365. The summed E-state index contributed by atoms with van der Waals surface area (Å²) in [6.07, 6.45) is 1.39. The van der Waals surface area contributed by atoms with Crippen molar-refractivity contribution < 1.29 is 0 Å². The molecule has 0 aliphatic heterocycles. The minimum atomic E-state index is -0.459. The number of hydrogen-bond donors (Lipinski definition) is 2. The third-order valence-electron chi connectivity index (χ3n) is 2.44. The van der Waals surface area contributed by atoms with Crippen LogP contribution in [0.2, 0.25) is 0 Å². The Balaban J connectivity index is 2.15. The molecule has 1 aromatic heterocycles. The van der Waals surface area contributed by atoms with E-state index in [1.54, 1.807) is 0 Å². The van der Waals surface area contributed by atoms with E-state index in [1.165, 1.54) is 6.07 Å². The van der Waals surface area contributed by atoms with Crippen molar-refractivity contribution in [3.8, 4) is 0 Å². The summed E-state index contributed by atoms with van der Waals surface area (Å²) in [6.45, 7) is 0. The Morgan fingerprint density at radius 2 is 1.82 bits per heavy atom. The van der Waals surface area contributed by atoms with E-state index < -0.39 is 5.69 Å². The van der Waals surface area contributed by atoms with Gasteiger partial charge in [0.25, 0.3) is 5.56 Å². The summed E-state index contributed by atoms with van der Waals surface area (Å²) >= 11 is 3.46. The summed E-state index contributed by atoms with van der Waals surface area (Å²) in [5, 5.41) is 0. The Morgan fingerprint density at radius 1 is 1.06 bits per heavy atom. The van der Waals surface area contributed by atoms with E-state index in [-0.39, 0.29) is 5.56 Å².